The molecule has 0 aromatic carbocycles. The van der Waals surface area contributed by atoms with Crippen molar-refractivity contribution in [1.82, 2.24) is 0 Å². The van der Waals surface area contributed by atoms with E-state index in [0.717, 1.165) is 0 Å². The Balaban J connectivity index is 3.41. The summed E-state index contributed by atoms with van der Waals surface area (Å²) in [5.74, 6) is 0.596. The molecule has 0 amide bonds. The minimum atomic E-state index is 0.0478. The third kappa shape index (κ3) is 6.09. The topological polar surface area (TPSA) is 26.0 Å². The summed E-state index contributed by atoms with van der Waals surface area (Å²) in [4.78, 5) is 0. The molecule has 0 saturated heterocycles. The molecule has 1 atom stereocenters. The van der Waals surface area contributed by atoms with E-state index in [-0.39, 0.29) is 5.54 Å². The normalized spacial score (nSPS) is 16.2. The third-order valence-corrected chi connectivity index (χ3v) is 3.14. The van der Waals surface area contributed by atoms with Gasteiger partial charge in [-0.1, -0.05) is 52.9 Å². The molecule has 0 aromatic rings. The van der Waals surface area contributed by atoms with Gasteiger partial charge >= 0.3 is 0 Å². The van der Waals surface area contributed by atoms with E-state index in [9.17, 15) is 0 Å². The summed E-state index contributed by atoms with van der Waals surface area (Å²) in [6.07, 6.45) is 7.91. The van der Waals surface area contributed by atoms with Gasteiger partial charge in [-0.05, 0) is 19.3 Å². The van der Waals surface area contributed by atoms with E-state index in [1.807, 2.05) is 0 Å². The fraction of sp³-hybridized carbons (Fsp3) is 1.00. The molecular formula is C12H27N. The van der Waals surface area contributed by atoms with Crippen molar-refractivity contribution in [2.24, 2.45) is 11.7 Å². The van der Waals surface area contributed by atoms with Crippen LogP contribution in [0, 0.1) is 5.92 Å². The van der Waals surface area contributed by atoms with E-state index in [4.69, 9.17) is 5.73 Å². The second-order valence-corrected chi connectivity index (χ2v) is 4.82. The van der Waals surface area contributed by atoms with Crippen LogP contribution in [0.1, 0.15) is 66.2 Å². The molecule has 0 aliphatic heterocycles. The number of hydrogen-bond acceptors (Lipinski definition) is 1. The molecule has 0 aliphatic carbocycles. The number of nitrogens with two attached hydrogens (primary N) is 1. The minimum Gasteiger partial charge on any atom is -0.325 e. The average molecular weight is 185 g/mol. The van der Waals surface area contributed by atoms with Crippen molar-refractivity contribution in [3.05, 3.63) is 0 Å². The highest BCUT2D eigenvalue weighted by atomic mass is 14.7. The lowest BCUT2D eigenvalue weighted by molar-refractivity contribution is 0.305. The lowest BCUT2D eigenvalue weighted by atomic mass is 9.84. The van der Waals surface area contributed by atoms with Crippen molar-refractivity contribution >= 4 is 0 Å². The molecule has 0 unspecified atom stereocenters. The van der Waals surface area contributed by atoms with Crippen LogP contribution < -0.4 is 5.73 Å². The van der Waals surface area contributed by atoms with E-state index in [1.165, 1.54) is 38.5 Å². The maximum Gasteiger partial charge on any atom is 0.0149 e. The lowest BCUT2D eigenvalue weighted by Gasteiger charge is -2.29. The fourth-order valence-corrected chi connectivity index (χ4v) is 1.40. The van der Waals surface area contributed by atoms with E-state index in [1.54, 1.807) is 0 Å². The predicted molar refractivity (Wildman–Crippen MR) is 60.8 cm³/mol. The van der Waals surface area contributed by atoms with Crippen molar-refractivity contribution < 1.29 is 0 Å². The van der Waals surface area contributed by atoms with Gasteiger partial charge in [-0.3, -0.25) is 0 Å². The van der Waals surface area contributed by atoms with Gasteiger partial charge in [0.05, 0.1) is 0 Å². The van der Waals surface area contributed by atoms with Crippen molar-refractivity contribution in [3.63, 3.8) is 0 Å². The summed E-state index contributed by atoms with van der Waals surface area (Å²) in [6.45, 7) is 8.86. The van der Waals surface area contributed by atoms with Gasteiger partial charge in [0, 0.05) is 5.54 Å². The number of rotatable bonds is 7. The fourth-order valence-electron chi connectivity index (χ4n) is 1.40. The van der Waals surface area contributed by atoms with Gasteiger partial charge in [0.15, 0.2) is 0 Å². The van der Waals surface area contributed by atoms with Gasteiger partial charge in [-0.25, -0.2) is 0 Å². The van der Waals surface area contributed by atoms with E-state index in [2.05, 4.69) is 27.7 Å². The Hall–Kier alpha value is -0.0400. The van der Waals surface area contributed by atoms with Gasteiger partial charge in [0.25, 0.3) is 0 Å². The molecule has 0 fully saturated rings. The van der Waals surface area contributed by atoms with Crippen molar-refractivity contribution in [1.29, 1.82) is 0 Å². The lowest BCUT2D eigenvalue weighted by Crippen LogP contribution is -2.41. The smallest absolute Gasteiger partial charge is 0.0149 e. The zero-order valence-electron chi connectivity index (χ0n) is 9.90. The molecule has 2 N–H and O–H groups in total. The summed E-state index contributed by atoms with van der Waals surface area (Å²) >= 11 is 0. The van der Waals surface area contributed by atoms with Crippen LogP contribution in [0.4, 0.5) is 0 Å². The summed E-state index contributed by atoms with van der Waals surface area (Å²) in [7, 11) is 0. The Labute approximate surface area is 84.1 Å². The maximum absolute atomic E-state index is 6.17. The summed E-state index contributed by atoms with van der Waals surface area (Å²) in [5, 5.41) is 0. The first-order valence-electron chi connectivity index (χ1n) is 5.79. The second-order valence-electron chi connectivity index (χ2n) is 4.82. The highest BCUT2D eigenvalue weighted by Crippen LogP contribution is 2.20. The highest BCUT2D eigenvalue weighted by molar-refractivity contribution is 4.81. The zero-order chi connectivity index (χ0) is 10.3. The molecule has 0 aliphatic rings. The zero-order valence-corrected chi connectivity index (χ0v) is 9.90. The Kier molecular flexibility index (Phi) is 6.40. The van der Waals surface area contributed by atoms with Crippen LogP contribution >= 0.6 is 0 Å². The average Bonchev–Trinajstić information content (AvgIpc) is 2.03. The van der Waals surface area contributed by atoms with Gasteiger partial charge in [0.1, 0.15) is 0 Å². The van der Waals surface area contributed by atoms with Crippen LogP contribution in [0.2, 0.25) is 0 Å². The van der Waals surface area contributed by atoms with Crippen molar-refractivity contribution in [2.75, 3.05) is 0 Å². The summed E-state index contributed by atoms with van der Waals surface area (Å²) in [6, 6.07) is 0. The first kappa shape index (κ1) is 13.0. The van der Waals surface area contributed by atoms with Crippen LogP contribution in [-0.4, -0.2) is 5.54 Å². The minimum absolute atomic E-state index is 0.0478. The van der Waals surface area contributed by atoms with Crippen LogP contribution in [0.25, 0.3) is 0 Å². The molecule has 1 heteroatoms. The quantitative estimate of drug-likeness (QED) is 0.601. The maximum atomic E-state index is 6.17. The second kappa shape index (κ2) is 6.42. The molecule has 0 heterocycles. The Morgan fingerprint density at radius 2 is 1.62 bits per heavy atom. The summed E-state index contributed by atoms with van der Waals surface area (Å²) < 4.78 is 0. The molecule has 13 heavy (non-hydrogen) atoms. The van der Waals surface area contributed by atoms with E-state index >= 15 is 0 Å². The number of hydrogen-bond donors (Lipinski definition) is 1. The molecule has 0 aromatic heterocycles. The largest absolute Gasteiger partial charge is 0.325 e. The predicted octanol–water partition coefficient (Wildman–Crippen LogP) is 3.72. The first-order chi connectivity index (χ1) is 6.00. The van der Waals surface area contributed by atoms with Crippen LogP contribution in [0.5, 0.6) is 0 Å². The molecule has 0 rings (SSSR count). The van der Waals surface area contributed by atoms with Gasteiger partial charge in [-0.2, -0.15) is 0 Å². The Bertz CT molecular complexity index is 116. The van der Waals surface area contributed by atoms with Crippen LogP contribution in [0.3, 0.4) is 0 Å². The van der Waals surface area contributed by atoms with Gasteiger partial charge < -0.3 is 5.73 Å². The molecule has 80 valence electrons. The van der Waals surface area contributed by atoms with E-state index < -0.39 is 0 Å². The molecule has 0 saturated carbocycles. The molecule has 0 spiro atoms. The standard InChI is InChI=1S/C12H27N/c1-5-6-7-8-9-10-12(4,13)11(2)3/h11H,5-10,13H2,1-4H3/t12-/m0/s1. The van der Waals surface area contributed by atoms with Gasteiger partial charge in [0.2, 0.25) is 0 Å². The van der Waals surface area contributed by atoms with Crippen molar-refractivity contribution in [3.8, 4) is 0 Å². The van der Waals surface area contributed by atoms with Crippen LogP contribution in [0.15, 0.2) is 0 Å². The Morgan fingerprint density at radius 3 is 2.08 bits per heavy atom. The molecule has 0 radical (unpaired) electrons. The molecule has 0 bridgehead atoms. The molecular weight excluding hydrogens is 158 g/mol. The van der Waals surface area contributed by atoms with Gasteiger partial charge in [-0.15, -0.1) is 0 Å². The number of unbranched alkanes of at least 4 members (excludes halogenated alkanes) is 4. The highest BCUT2D eigenvalue weighted by Gasteiger charge is 2.21. The summed E-state index contributed by atoms with van der Waals surface area (Å²) in [5.41, 5.74) is 6.22. The monoisotopic (exact) mass is 185 g/mol. The third-order valence-electron chi connectivity index (χ3n) is 3.14. The van der Waals surface area contributed by atoms with Crippen LogP contribution in [-0.2, 0) is 0 Å². The van der Waals surface area contributed by atoms with Crippen molar-refractivity contribution in [2.45, 2.75) is 71.8 Å². The van der Waals surface area contributed by atoms with E-state index in [0.29, 0.717) is 5.92 Å². The first-order valence-corrected chi connectivity index (χ1v) is 5.79. The molecule has 1 nitrogen and oxygen atoms in total. The Morgan fingerprint density at radius 1 is 1.08 bits per heavy atom. The SMILES string of the molecule is CCCCCCC[C@](C)(N)C(C)C.